The van der Waals surface area contributed by atoms with Crippen LogP contribution in [0.4, 0.5) is 18.9 Å². The molecule has 7 nitrogen and oxygen atoms in total. The second kappa shape index (κ2) is 14.6. The van der Waals surface area contributed by atoms with Gasteiger partial charge in [-0.15, -0.1) is 0 Å². The fourth-order valence-corrected chi connectivity index (χ4v) is 4.81. The molecule has 10 heteroatoms. The number of aromatic carboxylic acids is 1. The van der Waals surface area contributed by atoms with Crippen molar-refractivity contribution in [1.82, 2.24) is 5.32 Å². The number of aryl methyl sites for hydroxylation is 1. The number of alkyl halides is 3. The van der Waals surface area contributed by atoms with E-state index in [1.165, 1.54) is 18.1 Å². The normalized spacial score (nSPS) is 11.2. The first kappa shape index (κ1) is 32.8. The van der Waals surface area contributed by atoms with Gasteiger partial charge in [-0.2, -0.15) is 13.2 Å². The number of hydrogen-bond acceptors (Lipinski definition) is 4. The van der Waals surface area contributed by atoms with Crippen LogP contribution in [0.1, 0.15) is 85.1 Å². The molecule has 45 heavy (non-hydrogen) atoms. The summed E-state index contributed by atoms with van der Waals surface area (Å²) in [5.41, 5.74) is 1.98. The molecule has 0 heterocycles. The number of phenols is 1. The van der Waals surface area contributed by atoms with Gasteiger partial charge in [0.15, 0.2) is 0 Å². The van der Waals surface area contributed by atoms with Crippen molar-refractivity contribution in [2.75, 3.05) is 5.32 Å². The maximum Gasteiger partial charge on any atom is 0.416 e. The number of halogens is 3. The van der Waals surface area contributed by atoms with Gasteiger partial charge in [0.05, 0.1) is 5.56 Å². The predicted molar refractivity (Wildman–Crippen MR) is 165 cm³/mol. The van der Waals surface area contributed by atoms with Crippen LogP contribution in [0.5, 0.6) is 5.75 Å². The zero-order valence-electron chi connectivity index (χ0n) is 24.6. The van der Waals surface area contributed by atoms with Gasteiger partial charge in [0.25, 0.3) is 11.8 Å². The highest BCUT2D eigenvalue weighted by atomic mass is 19.4. The Balaban J connectivity index is 1.45. The Morgan fingerprint density at radius 3 is 2.02 bits per heavy atom. The predicted octanol–water partition coefficient (Wildman–Crippen LogP) is 7.62. The number of aromatic hydroxyl groups is 1. The molecule has 2 amide bonds. The summed E-state index contributed by atoms with van der Waals surface area (Å²) in [5.74, 6) is -2.98. The monoisotopic (exact) mass is 618 g/mol. The van der Waals surface area contributed by atoms with Crippen LogP contribution >= 0.6 is 0 Å². The van der Waals surface area contributed by atoms with E-state index in [9.17, 15) is 32.7 Å². The number of benzene rings is 4. The molecule has 0 atom stereocenters. The molecule has 4 rings (SSSR count). The summed E-state index contributed by atoms with van der Waals surface area (Å²) < 4.78 is 40.6. The molecule has 0 aromatic heterocycles. The lowest BCUT2D eigenvalue weighted by Gasteiger charge is -2.15. The lowest BCUT2D eigenvalue weighted by molar-refractivity contribution is -0.137. The Morgan fingerprint density at radius 1 is 0.756 bits per heavy atom. The number of carbonyl (C=O) groups is 3. The molecule has 4 aromatic rings. The van der Waals surface area contributed by atoms with Crippen molar-refractivity contribution in [1.29, 1.82) is 0 Å². The first-order valence-corrected chi connectivity index (χ1v) is 14.5. The highest BCUT2D eigenvalue weighted by Crippen LogP contribution is 2.32. The van der Waals surface area contributed by atoms with E-state index < -0.39 is 29.4 Å². The molecule has 0 spiro atoms. The van der Waals surface area contributed by atoms with Crippen LogP contribution in [0.2, 0.25) is 0 Å². The third kappa shape index (κ3) is 8.95. The van der Waals surface area contributed by atoms with Crippen LogP contribution in [-0.4, -0.2) is 28.0 Å². The SMILES string of the molecule is CCCCCc1ccc(CNC(=O)c2ccc(Cc3cc(C(F)(F)F)ccc3C(=O)Nc3ccc(C(=O)O)c(O)c3)cc2)cc1. The standard InChI is InChI=1S/C35H33F3N2O5/c1-2-3-4-5-22-6-8-24(9-7-22)21-39-32(42)25-12-10-23(11-13-25)18-26-19-27(35(36,37)38)14-16-29(26)33(43)40-28-15-17-30(34(44)45)31(41)20-28/h6-17,19-20,41H,2-5,18,21H2,1H3,(H,39,42)(H,40,43)(H,44,45). The number of nitrogens with one attached hydrogen (secondary N) is 2. The van der Waals surface area contributed by atoms with Crippen molar-refractivity contribution >= 4 is 23.5 Å². The van der Waals surface area contributed by atoms with E-state index in [2.05, 4.69) is 29.7 Å². The minimum atomic E-state index is -4.64. The van der Waals surface area contributed by atoms with Crippen LogP contribution in [0.15, 0.2) is 84.9 Å². The molecule has 0 saturated heterocycles. The van der Waals surface area contributed by atoms with E-state index in [4.69, 9.17) is 5.11 Å². The van der Waals surface area contributed by atoms with Crippen LogP contribution < -0.4 is 10.6 Å². The third-order valence-electron chi connectivity index (χ3n) is 7.32. The van der Waals surface area contributed by atoms with Crippen LogP contribution in [0.25, 0.3) is 0 Å². The van der Waals surface area contributed by atoms with Gasteiger partial charge in [0.2, 0.25) is 0 Å². The van der Waals surface area contributed by atoms with E-state index >= 15 is 0 Å². The minimum absolute atomic E-state index is 0.0389. The number of unbranched alkanes of at least 4 members (excludes halogenated alkanes) is 2. The summed E-state index contributed by atoms with van der Waals surface area (Å²) in [6.07, 6.45) is -0.170. The molecule has 0 aliphatic carbocycles. The number of hydrogen-bond donors (Lipinski definition) is 4. The molecule has 0 fully saturated rings. The number of amides is 2. The molecule has 0 unspecified atom stereocenters. The smallest absolute Gasteiger partial charge is 0.416 e. The number of anilines is 1. The van der Waals surface area contributed by atoms with Gasteiger partial charge in [-0.25, -0.2) is 4.79 Å². The molecular weight excluding hydrogens is 585 g/mol. The van der Waals surface area contributed by atoms with Gasteiger partial charge in [0.1, 0.15) is 11.3 Å². The molecule has 4 aromatic carbocycles. The largest absolute Gasteiger partial charge is 0.507 e. The number of rotatable bonds is 12. The average molecular weight is 619 g/mol. The molecule has 0 aliphatic heterocycles. The summed E-state index contributed by atoms with van der Waals surface area (Å²) >= 11 is 0. The topological polar surface area (TPSA) is 116 Å². The Kier molecular flexibility index (Phi) is 10.6. The molecule has 234 valence electrons. The van der Waals surface area contributed by atoms with E-state index in [0.29, 0.717) is 17.7 Å². The Hall–Kier alpha value is -5.12. The summed E-state index contributed by atoms with van der Waals surface area (Å²) in [6.45, 7) is 2.51. The first-order valence-electron chi connectivity index (χ1n) is 14.5. The maximum atomic E-state index is 13.5. The van der Waals surface area contributed by atoms with Crippen LogP contribution in [0, 0.1) is 0 Å². The van der Waals surface area contributed by atoms with Gasteiger partial charge in [-0.1, -0.05) is 56.2 Å². The van der Waals surface area contributed by atoms with E-state index in [1.807, 2.05) is 12.1 Å². The van der Waals surface area contributed by atoms with E-state index in [-0.39, 0.29) is 34.7 Å². The van der Waals surface area contributed by atoms with Crippen molar-refractivity contribution in [2.24, 2.45) is 0 Å². The zero-order valence-corrected chi connectivity index (χ0v) is 24.6. The second-order valence-electron chi connectivity index (χ2n) is 10.7. The number of carbonyl (C=O) groups excluding carboxylic acids is 2. The van der Waals surface area contributed by atoms with Gasteiger partial charge < -0.3 is 20.8 Å². The van der Waals surface area contributed by atoms with Gasteiger partial charge >= 0.3 is 12.1 Å². The quantitative estimate of drug-likeness (QED) is 0.122. The van der Waals surface area contributed by atoms with Crippen molar-refractivity contribution in [2.45, 2.75) is 51.7 Å². The lowest BCUT2D eigenvalue weighted by atomic mass is 9.96. The third-order valence-corrected chi connectivity index (χ3v) is 7.32. The highest BCUT2D eigenvalue weighted by molar-refractivity contribution is 6.06. The fraction of sp³-hybridized carbons (Fsp3) is 0.229. The van der Waals surface area contributed by atoms with Crippen molar-refractivity contribution in [3.8, 4) is 5.75 Å². The molecular formula is C35H33F3N2O5. The molecule has 0 bridgehead atoms. The van der Waals surface area contributed by atoms with Crippen molar-refractivity contribution in [3.05, 3.63) is 129 Å². The minimum Gasteiger partial charge on any atom is -0.507 e. The van der Waals surface area contributed by atoms with E-state index in [0.717, 1.165) is 55.2 Å². The van der Waals surface area contributed by atoms with Crippen molar-refractivity contribution in [3.63, 3.8) is 0 Å². The summed E-state index contributed by atoms with van der Waals surface area (Å²) in [6, 6.07) is 20.6. The van der Waals surface area contributed by atoms with Crippen LogP contribution in [-0.2, 0) is 25.6 Å². The Labute approximate surface area is 258 Å². The number of carboxylic acid groups (broad SMARTS) is 1. The van der Waals surface area contributed by atoms with Gasteiger partial charge in [-0.3, -0.25) is 9.59 Å². The highest BCUT2D eigenvalue weighted by Gasteiger charge is 2.31. The summed E-state index contributed by atoms with van der Waals surface area (Å²) in [5, 5.41) is 24.4. The van der Waals surface area contributed by atoms with Crippen molar-refractivity contribution < 1.29 is 37.8 Å². The molecule has 4 N–H and O–H groups in total. The van der Waals surface area contributed by atoms with Gasteiger partial charge in [0, 0.05) is 29.4 Å². The zero-order chi connectivity index (χ0) is 32.6. The fourth-order valence-electron chi connectivity index (χ4n) is 4.81. The second-order valence-corrected chi connectivity index (χ2v) is 10.7. The lowest BCUT2D eigenvalue weighted by Crippen LogP contribution is -2.22. The van der Waals surface area contributed by atoms with Gasteiger partial charge in [-0.05, 0) is 84.0 Å². The van der Waals surface area contributed by atoms with E-state index in [1.54, 1.807) is 24.3 Å². The maximum absolute atomic E-state index is 13.5. The molecule has 0 aliphatic rings. The van der Waals surface area contributed by atoms with Crippen LogP contribution in [0.3, 0.4) is 0 Å². The summed E-state index contributed by atoms with van der Waals surface area (Å²) in [4.78, 5) is 37.0. The first-order chi connectivity index (χ1) is 21.4. The molecule has 0 radical (unpaired) electrons. The molecule has 0 saturated carbocycles. The average Bonchev–Trinajstić information content (AvgIpc) is 3.00. The Bertz CT molecular complexity index is 1670. The Morgan fingerprint density at radius 2 is 1.40 bits per heavy atom. The summed E-state index contributed by atoms with van der Waals surface area (Å²) in [7, 11) is 0. The number of carboxylic acids is 1.